The molecule has 2 unspecified atom stereocenters. The van der Waals surface area contributed by atoms with E-state index in [1.165, 1.54) is 23.5 Å². The van der Waals surface area contributed by atoms with Gasteiger partial charge in [0.2, 0.25) is 5.88 Å². The van der Waals surface area contributed by atoms with Gasteiger partial charge < -0.3 is 15.3 Å². The normalized spacial score (nSPS) is 20.3. The second-order valence-electron chi connectivity index (χ2n) is 9.03. The average Bonchev–Trinajstić information content (AvgIpc) is 3.45. The van der Waals surface area contributed by atoms with Crippen molar-refractivity contribution in [3.8, 4) is 5.88 Å². The summed E-state index contributed by atoms with van der Waals surface area (Å²) < 4.78 is 41.7. The van der Waals surface area contributed by atoms with Crippen LogP contribution in [-0.2, 0) is 12.6 Å². The Morgan fingerprint density at radius 2 is 2.03 bits per heavy atom. The quantitative estimate of drug-likeness (QED) is 0.529. The van der Waals surface area contributed by atoms with Gasteiger partial charge in [-0.3, -0.25) is 0 Å². The van der Waals surface area contributed by atoms with E-state index in [1.807, 2.05) is 6.07 Å². The van der Waals surface area contributed by atoms with Crippen LogP contribution >= 0.6 is 22.9 Å². The molecule has 11 heteroatoms. The van der Waals surface area contributed by atoms with Crippen LogP contribution in [0.5, 0.6) is 5.88 Å². The van der Waals surface area contributed by atoms with Gasteiger partial charge in [0.15, 0.2) is 5.13 Å². The van der Waals surface area contributed by atoms with Gasteiger partial charge in [0.25, 0.3) is 0 Å². The third-order valence-corrected chi connectivity index (χ3v) is 7.74. The standard InChI is InChI=1S/C25H23ClF3N5OS/c1-13-12-34(14(2)10-30-13)24-32-23(35)22(36-24)19(15-4-6-21-17(7-15)11-31-33-21)8-16-3-5-18(26)9-20(16)25(27,28)29/h3-7,9,11,13-14,30,35H,8,10,12H2,1-2H3. The molecule has 3 heterocycles. The minimum Gasteiger partial charge on any atom is -0.492 e. The second kappa shape index (κ2) is 9.49. The minimum absolute atomic E-state index is 0.00715. The van der Waals surface area contributed by atoms with Crippen LogP contribution in [0, 0.1) is 0 Å². The maximum Gasteiger partial charge on any atom is 0.416 e. The molecule has 2 atom stereocenters. The van der Waals surface area contributed by atoms with Crippen LogP contribution in [0.3, 0.4) is 0 Å². The molecule has 2 aliphatic rings. The van der Waals surface area contributed by atoms with E-state index in [9.17, 15) is 18.3 Å². The summed E-state index contributed by atoms with van der Waals surface area (Å²) in [7, 11) is 0. The molecule has 188 valence electrons. The molecule has 5 rings (SSSR count). The SMILES string of the molecule is CC1CN(c2nc(O)c(C(Cc3ccc(Cl)cc3C(F)(F)F)=c3ccc4c(c3)C=NN=4)s2)C(C)CN1. The number of aromatic nitrogens is 1. The van der Waals surface area contributed by atoms with E-state index in [0.717, 1.165) is 18.2 Å². The van der Waals surface area contributed by atoms with Crippen LogP contribution in [0.25, 0.3) is 5.57 Å². The number of nitrogens with one attached hydrogen (secondary N) is 1. The van der Waals surface area contributed by atoms with Gasteiger partial charge in [-0.25, -0.2) is 0 Å². The first-order valence-electron chi connectivity index (χ1n) is 11.4. The molecule has 2 aromatic carbocycles. The van der Waals surface area contributed by atoms with E-state index in [-0.39, 0.29) is 35.0 Å². The Hall–Kier alpha value is -2.95. The first-order valence-corrected chi connectivity index (χ1v) is 12.6. The summed E-state index contributed by atoms with van der Waals surface area (Å²) in [5.74, 6) is -0.204. The highest BCUT2D eigenvalue weighted by Crippen LogP contribution is 2.40. The van der Waals surface area contributed by atoms with Crippen molar-refractivity contribution in [3.05, 3.63) is 73.6 Å². The highest BCUT2D eigenvalue weighted by atomic mass is 35.5. The summed E-state index contributed by atoms with van der Waals surface area (Å²) in [6, 6.07) is 9.52. The number of rotatable bonds is 4. The molecule has 3 aromatic rings. The number of aromatic hydroxyl groups is 1. The van der Waals surface area contributed by atoms with Crippen molar-refractivity contribution in [1.82, 2.24) is 10.3 Å². The number of halogens is 4. The molecular weight excluding hydrogens is 511 g/mol. The van der Waals surface area contributed by atoms with Crippen molar-refractivity contribution in [2.45, 2.75) is 38.5 Å². The number of hydrogen-bond acceptors (Lipinski definition) is 7. The third-order valence-electron chi connectivity index (χ3n) is 6.36. The van der Waals surface area contributed by atoms with E-state index in [0.29, 0.717) is 32.7 Å². The molecule has 0 saturated carbocycles. The van der Waals surface area contributed by atoms with Crippen molar-refractivity contribution in [2.24, 2.45) is 10.2 Å². The molecule has 6 nitrogen and oxygen atoms in total. The van der Waals surface area contributed by atoms with Crippen LogP contribution in [0.1, 0.15) is 35.4 Å². The topological polar surface area (TPSA) is 73.1 Å². The zero-order valence-electron chi connectivity index (χ0n) is 19.5. The molecule has 1 fully saturated rings. The lowest BCUT2D eigenvalue weighted by atomic mass is 9.96. The summed E-state index contributed by atoms with van der Waals surface area (Å²) in [4.78, 5) is 6.97. The summed E-state index contributed by atoms with van der Waals surface area (Å²) in [6.07, 6.45) is -3.06. The Balaban J connectivity index is 1.67. The molecule has 0 radical (unpaired) electrons. The van der Waals surface area contributed by atoms with E-state index in [4.69, 9.17) is 11.6 Å². The summed E-state index contributed by atoms with van der Waals surface area (Å²) in [5, 5.41) is 24.3. The van der Waals surface area contributed by atoms with Crippen LogP contribution in [0.2, 0.25) is 5.02 Å². The van der Waals surface area contributed by atoms with Gasteiger partial charge in [-0.2, -0.15) is 28.4 Å². The van der Waals surface area contributed by atoms with E-state index in [2.05, 4.69) is 39.3 Å². The summed E-state index contributed by atoms with van der Waals surface area (Å²) in [6.45, 7) is 5.60. The number of anilines is 1. The fourth-order valence-corrected chi connectivity index (χ4v) is 5.78. The number of fused-ring (bicyclic) bond motifs is 1. The van der Waals surface area contributed by atoms with Gasteiger partial charge in [-0.15, -0.1) is 0 Å². The molecular formula is C25H23ClF3N5OS. The number of hydrogen-bond donors (Lipinski definition) is 2. The highest BCUT2D eigenvalue weighted by Gasteiger charge is 2.34. The smallest absolute Gasteiger partial charge is 0.416 e. The van der Waals surface area contributed by atoms with E-state index in [1.54, 1.807) is 18.3 Å². The monoisotopic (exact) mass is 533 g/mol. The first-order chi connectivity index (χ1) is 17.1. The van der Waals surface area contributed by atoms with Gasteiger partial charge >= 0.3 is 6.18 Å². The predicted octanol–water partition coefficient (Wildman–Crippen LogP) is 4.12. The number of nitrogens with zero attached hydrogens (tertiary/aromatic N) is 4. The molecule has 36 heavy (non-hydrogen) atoms. The summed E-state index contributed by atoms with van der Waals surface area (Å²) in [5.41, 5.74) is 0.534. The Labute approximate surface area is 214 Å². The largest absolute Gasteiger partial charge is 0.492 e. The van der Waals surface area contributed by atoms with Crippen LogP contribution in [0.15, 0.2) is 46.6 Å². The Morgan fingerprint density at radius 3 is 2.81 bits per heavy atom. The lowest BCUT2D eigenvalue weighted by molar-refractivity contribution is -0.138. The molecule has 0 aliphatic carbocycles. The van der Waals surface area contributed by atoms with Crippen LogP contribution < -0.4 is 20.8 Å². The van der Waals surface area contributed by atoms with Crippen molar-refractivity contribution >= 4 is 39.9 Å². The Kier molecular flexibility index (Phi) is 6.52. The zero-order chi connectivity index (χ0) is 25.6. The van der Waals surface area contributed by atoms with Gasteiger partial charge in [0.1, 0.15) is 0 Å². The average molecular weight is 534 g/mol. The maximum absolute atomic E-state index is 13.9. The fourth-order valence-electron chi connectivity index (χ4n) is 4.47. The fraction of sp³-hybridized carbons (Fsp3) is 0.320. The first kappa shape index (κ1) is 24.7. The lowest BCUT2D eigenvalue weighted by Gasteiger charge is -2.37. The highest BCUT2D eigenvalue weighted by molar-refractivity contribution is 7.17. The van der Waals surface area contributed by atoms with E-state index < -0.39 is 11.7 Å². The molecule has 0 amide bonds. The molecule has 1 saturated heterocycles. The number of piperazine rings is 1. The lowest BCUT2D eigenvalue weighted by Crippen LogP contribution is -2.54. The molecule has 2 aliphatic heterocycles. The van der Waals surface area contributed by atoms with E-state index >= 15 is 0 Å². The summed E-state index contributed by atoms with van der Waals surface area (Å²) >= 11 is 7.19. The molecule has 2 N–H and O–H groups in total. The zero-order valence-corrected chi connectivity index (χ0v) is 21.0. The molecule has 1 aromatic heterocycles. The Morgan fingerprint density at radius 1 is 1.22 bits per heavy atom. The van der Waals surface area contributed by atoms with Gasteiger partial charge in [-0.05, 0) is 54.5 Å². The van der Waals surface area contributed by atoms with Gasteiger partial charge in [-0.1, -0.05) is 35.1 Å². The van der Waals surface area contributed by atoms with Crippen molar-refractivity contribution in [3.63, 3.8) is 0 Å². The van der Waals surface area contributed by atoms with Gasteiger partial charge in [0, 0.05) is 42.2 Å². The Bertz CT molecular complexity index is 1470. The van der Waals surface area contributed by atoms with Crippen LogP contribution in [0.4, 0.5) is 18.3 Å². The number of alkyl halides is 3. The number of benzene rings is 2. The predicted molar refractivity (Wildman–Crippen MR) is 136 cm³/mol. The minimum atomic E-state index is -4.58. The third kappa shape index (κ3) is 4.85. The molecule has 0 spiro atoms. The van der Waals surface area contributed by atoms with Crippen molar-refractivity contribution < 1.29 is 18.3 Å². The van der Waals surface area contributed by atoms with Gasteiger partial charge in [0.05, 0.1) is 22.0 Å². The second-order valence-corrected chi connectivity index (χ2v) is 10.4. The molecule has 0 bridgehead atoms. The van der Waals surface area contributed by atoms with Crippen LogP contribution in [-0.4, -0.2) is 41.5 Å². The maximum atomic E-state index is 13.9. The van der Waals surface area contributed by atoms with Crippen molar-refractivity contribution in [2.75, 3.05) is 18.0 Å². The van der Waals surface area contributed by atoms with Crippen molar-refractivity contribution in [1.29, 1.82) is 0 Å². The number of thiazole rings is 1.